The summed E-state index contributed by atoms with van der Waals surface area (Å²) < 4.78 is 2.02. The average Bonchev–Trinajstić information content (AvgIpc) is 3.10. The molecular formula is C21H28N4OS. The van der Waals surface area contributed by atoms with Crippen molar-refractivity contribution < 1.29 is 4.79 Å². The number of thioether (sulfide) groups is 1. The summed E-state index contributed by atoms with van der Waals surface area (Å²) in [5.41, 5.74) is 1.01. The summed E-state index contributed by atoms with van der Waals surface area (Å²) in [7, 11) is 1.92. The molecule has 0 spiro atoms. The molecule has 0 N–H and O–H groups in total. The van der Waals surface area contributed by atoms with Gasteiger partial charge in [0.25, 0.3) is 0 Å². The third-order valence-electron chi connectivity index (χ3n) is 5.07. The Morgan fingerprint density at radius 1 is 1.26 bits per heavy atom. The van der Waals surface area contributed by atoms with Crippen molar-refractivity contribution in [3.05, 3.63) is 43.0 Å². The van der Waals surface area contributed by atoms with E-state index in [0.717, 1.165) is 23.1 Å². The lowest BCUT2D eigenvalue weighted by Crippen LogP contribution is -2.33. The van der Waals surface area contributed by atoms with Gasteiger partial charge in [-0.2, -0.15) is 0 Å². The molecular weight excluding hydrogens is 356 g/mol. The van der Waals surface area contributed by atoms with E-state index in [-0.39, 0.29) is 5.91 Å². The maximum atomic E-state index is 12.6. The molecule has 0 atom stereocenters. The van der Waals surface area contributed by atoms with E-state index in [2.05, 4.69) is 16.8 Å². The molecule has 1 aliphatic carbocycles. The molecule has 0 radical (unpaired) electrons. The lowest BCUT2D eigenvalue weighted by molar-refractivity contribution is -0.127. The molecule has 1 aromatic heterocycles. The molecule has 0 saturated heterocycles. The second-order valence-electron chi connectivity index (χ2n) is 7.14. The molecule has 3 rings (SSSR count). The molecule has 0 aliphatic heterocycles. The molecule has 1 aromatic carbocycles. The van der Waals surface area contributed by atoms with Gasteiger partial charge in [0.1, 0.15) is 0 Å². The first-order valence-electron chi connectivity index (χ1n) is 9.65. The van der Waals surface area contributed by atoms with Gasteiger partial charge in [-0.25, -0.2) is 0 Å². The highest BCUT2D eigenvalue weighted by Gasteiger charge is 2.20. The molecule has 1 amide bonds. The summed E-state index contributed by atoms with van der Waals surface area (Å²) in [6.45, 7) is 5.32. The Balaban J connectivity index is 1.62. The first kappa shape index (κ1) is 19.7. The van der Waals surface area contributed by atoms with Gasteiger partial charge in [-0.15, -0.1) is 16.8 Å². The zero-order chi connectivity index (χ0) is 19.1. The van der Waals surface area contributed by atoms with Crippen LogP contribution < -0.4 is 0 Å². The normalized spacial score (nSPS) is 14.9. The van der Waals surface area contributed by atoms with Crippen LogP contribution >= 0.6 is 11.8 Å². The predicted octanol–water partition coefficient (Wildman–Crippen LogP) is 4.26. The number of allylic oxidation sites excluding steroid dienone is 1. The van der Waals surface area contributed by atoms with E-state index >= 15 is 0 Å². The van der Waals surface area contributed by atoms with Crippen molar-refractivity contribution in [2.24, 2.45) is 5.92 Å². The van der Waals surface area contributed by atoms with Gasteiger partial charge in [-0.3, -0.25) is 9.36 Å². The number of benzene rings is 1. The van der Waals surface area contributed by atoms with Crippen LogP contribution in [-0.2, 0) is 11.3 Å². The van der Waals surface area contributed by atoms with Gasteiger partial charge >= 0.3 is 0 Å². The smallest absolute Gasteiger partial charge is 0.232 e. The minimum atomic E-state index is 0.153. The summed E-state index contributed by atoms with van der Waals surface area (Å²) in [6, 6.07) is 9.98. The fraction of sp³-hybridized carbons (Fsp3) is 0.476. The zero-order valence-corrected chi connectivity index (χ0v) is 16.8. The summed E-state index contributed by atoms with van der Waals surface area (Å²) in [5, 5.41) is 9.41. The van der Waals surface area contributed by atoms with Crippen molar-refractivity contribution in [2.45, 2.75) is 43.8 Å². The van der Waals surface area contributed by atoms with Crippen LogP contribution in [0.4, 0.5) is 0 Å². The molecule has 1 saturated carbocycles. The number of amides is 1. The summed E-state index contributed by atoms with van der Waals surface area (Å²) in [6.07, 6.45) is 8.27. The first-order valence-corrected chi connectivity index (χ1v) is 10.6. The van der Waals surface area contributed by atoms with Crippen LogP contribution in [0, 0.1) is 5.92 Å². The van der Waals surface area contributed by atoms with Crippen LogP contribution in [0.2, 0.25) is 0 Å². The lowest BCUT2D eigenvalue weighted by Gasteiger charge is -2.27. The minimum Gasteiger partial charge on any atom is -0.345 e. The van der Waals surface area contributed by atoms with Crippen LogP contribution in [-0.4, -0.2) is 44.9 Å². The Kier molecular flexibility index (Phi) is 7.10. The highest BCUT2D eigenvalue weighted by atomic mass is 32.2. The number of aromatic nitrogens is 3. The number of hydrogen-bond acceptors (Lipinski definition) is 4. The quantitative estimate of drug-likeness (QED) is 0.504. The Labute approximate surface area is 165 Å². The second-order valence-corrected chi connectivity index (χ2v) is 8.08. The third-order valence-corrected chi connectivity index (χ3v) is 6.02. The first-order chi connectivity index (χ1) is 13.2. The van der Waals surface area contributed by atoms with E-state index < -0.39 is 0 Å². The number of carbonyl (C=O) groups excluding carboxylic acids is 1. The van der Waals surface area contributed by atoms with Crippen molar-refractivity contribution >= 4 is 17.7 Å². The van der Waals surface area contributed by atoms with E-state index in [0.29, 0.717) is 18.2 Å². The molecule has 1 aliphatic rings. The topological polar surface area (TPSA) is 51.0 Å². The van der Waals surface area contributed by atoms with E-state index in [1.54, 1.807) is 0 Å². The van der Waals surface area contributed by atoms with Gasteiger partial charge in [0.2, 0.25) is 5.91 Å². The Hall–Kier alpha value is -2.08. The van der Waals surface area contributed by atoms with Crippen molar-refractivity contribution in [2.75, 3.05) is 19.3 Å². The van der Waals surface area contributed by atoms with E-state index in [1.165, 1.54) is 43.9 Å². The maximum absolute atomic E-state index is 12.6. The number of carbonyl (C=O) groups is 1. The van der Waals surface area contributed by atoms with Crippen LogP contribution in [0.3, 0.4) is 0 Å². The molecule has 0 bridgehead atoms. The van der Waals surface area contributed by atoms with Crippen LogP contribution in [0.5, 0.6) is 0 Å². The molecule has 27 heavy (non-hydrogen) atoms. The molecule has 1 fully saturated rings. The second kappa shape index (κ2) is 9.74. The standard InChI is InChI=1S/C21H28N4OS/c1-3-14-25-20(18-12-8-5-9-13-18)22-23-21(25)27-16-19(26)24(2)15-17-10-6-4-7-11-17/h3,5,8-9,12-13,17H,1,4,6-7,10-11,14-16H2,2H3. The van der Waals surface area contributed by atoms with Crippen molar-refractivity contribution in [1.29, 1.82) is 0 Å². The largest absolute Gasteiger partial charge is 0.345 e. The van der Waals surface area contributed by atoms with Crippen molar-refractivity contribution in [3.8, 4) is 11.4 Å². The third kappa shape index (κ3) is 5.22. The number of nitrogens with zero attached hydrogens (tertiary/aromatic N) is 4. The van der Waals surface area contributed by atoms with Crippen LogP contribution in [0.15, 0.2) is 48.1 Å². The van der Waals surface area contributed by atoms with Gasteiger partial charge in [-0.1, -0.05) is 67.4 Å². The lowest BCUT2D eigenvalue weighted by atomic mass is 9.89. The fourth-order valence-electron chi connectivity index (χ4n) is 3.59. The van der Waals surface area contributed by atoms with E-state index in [4.69, 9.17) is 0 Å². The van der Waals surface area contributed by atoms with Gasteiger partial charge in [-0.05, 0) is 18.8 Å². The summed E-state index contributed by atoms with van der Waals surface area (Å²) >= 11 is 1.45. The highest BCUT2D eigenvalue weighted by Crippen LogP contribution is 2.26. The van der Waals surface area contributed by atoms with Crippen LogP contribution in [0.1, 0.15) is 32.1 Å². The van der Waals surface area contributed by atoms with Crippen LogP contribution in [0.25, 0.3) is 11.4 Å². The number of hydrogen-bond donors (Lipinski definition) is 0. The fourth-order valence-corrected chi connectivity index (χ4v) is 4.47. The van der Waals surface area contributed by atoms with Gasteiger partial charge in [0.15, 0.2) is 11.0 Å². The highest BCUT2D eigenvalue weighted by molar-refractivity contribution is 7.99. The molecule has 5 nitrogen and oxygen atoms in total. The Bertz CT molecular complexity index is 753. The molecule has 6 heteroatoms. The van der Waals surface area contributed by atoms with E-state index in [1.807, 2.05) is 52.9 Å². The van der Waals surface area contributed by atoms with Crippen molar-refractivity contribution in [1.82, 2.24) is 19.7 Å². The van der Waals surface area contributed by atoms with Crippen molar-refractivity contribution in [3.63, 3.8) is 0 Å². The molecule has 0 unspecified atom stereocenters. The van der Waals surface area contributed by atoms with Gasteiger partial charge in [0.05, 0.1) is 5.75 Å². The summed E-state index contributed by atoms with van der Waals surface area (Å²) in [5.74, 6) is 2.00. The number of rotatable bonds is 8. The maximum Gasteiger partial charge on any atom is 0.232 e. The van der Waals surface area contributed by atoms with Gasteiger partial charge in [0, 0.05) is 25.7 Å². The monoisotopic (exact) mass is 384 g/mol. The Morgan fingerprint density at radius 2 is 2.00 bits per heavy atom. The summed E-state index contributed by atoms with van der Waals surface area (Å²) in [4.78, 5) is 14.4. The predicted molar refractivity (Wildman–Crippen MR) is 111 cm³/mol. The zero-order valence-electron chi connectivity index (χ0n) is 16.0. The Morgan fingerprint density at radius 3 is 2.70 bits per heavy atom. The molecule has 2 aromatic rings. The molecule has 144 valence electrons. The van der Waals surface area contributed by atoms with E-state index in [9.17, 15) is 4.79 Å². The SMILES string of the molecule is C=CCn1c(SCC(=O)N(C)CC2CCCCC2)nnc1-c1ccccc1. The molecule has 1 heterocycles. The average molecular weight is 385 g/mol. The van der Waals surface area contributed by atoms with Gasteiger partial charge < -0.3 is 4.90 Å². The minimum absolute atomic E-state index is 0.153.